The van der Waals surface area contributed by atoms with Gasteiger partial charge in [-0.05, 0) is 65.2 Å². The second-order valence-corrected chi connectivity index (χ2v) is 17.6. The molecule has 0 bridgehead atoms. The first kappa shape index (κ1) is 38.8. The standard InChI is InChI=1S/C63H40N6/c1-4-19-41(20-5-1)44-25-18-26-45(39-44)62-64-61(43-23-8-3-9-24-43)65-63(66-62)69-57-34-17-13-30-50(57)51-36-37-52-53-40-46(67-55-32-15-11-28-48(55)49-29-12-16-33-56(49)67)35-38-58(53)68(59(52)60(51)69)54-31-14-10-27-47(54)42-21-6-2-7-22-42/h1-40H. The first-order valence-electron chi connectivity index (χ1n) is 23.4. The molecule has 0 atom stereocenters. The van der Waals surface area contributed by atoms with Gasteiger partial charge in [0.05, 0.1) is 38.8 Å². The van der Waals surface area contributed by atoms with Gasteiger partial charge in [0.25, 0.3) is 0 Å². The molecule has 14 rings (SSSR count). The second-order valence-electron chi connectivity index (χ2n) is 17.6. The van der Waals surface area contributed by atoms with Crippen molar-refractivity contribution in [2.75, 3.05) is 0 Å². The highest BCUT2D eigenvalue weighted by atomic mass is 15.2. The second kappa shape index (κ2) is 15.6. The maximum atomic E-state index is 5.47. The molecule has 0 radical (unpaired) electrons. The summed E-state index contributed by atoms with van der Waals surface area (Å²) in [5, 5.41) is 6.96. The summed E-state index contributed by atoms with van der Waals surface area (Å²) in [6.07, 6.45) is 0. The molecule has 0 saturated carbocycles. The highest BCUT2D eigenvalue weighted by Crippen LogP contribution is 2.44. The summed E-state index contributed by atoms with van der Waals surface area (Å²) >= 11 is 0. The van der Waals surface area contributed by atoms with Gasteiger partial charge >= 0.3 is 0 Å². The van der Waals surface area contributed by atoms with E-state index in [1.807, 2.05) is 24.3 Å². The van der Waals surface area contributed by atoms with Crippen LogP contribution in [0.2, 0.25) is 0 Å². The molecule has 4 heterocycles. The lowest BCUT2D eigenvalue weighted by Gasteiger charge is -2.16. The Balaban J connectivity index is 1.11. The summed E-state index contributed by atoms with van der Waals surface area (Å²) in [6, 6.07) is 86.3. The van der Waals surface area contributed by atoms with Crippen molar-refractivity contribution in [1.29, 1.82) is 0 Å². The van der Waals surface area contributed by atoms with Gasteiger partial charge in [-0.1, -0.05) is 194 Å². The van der Waals surface area contributed by atoms with Crippen molar-refractivity contribution < 1.29 is 0 Å². The molecule has 0 spiro atoms. The number of fused-ring (bicyclic) bond motifs is 10. The van der Waals surface area contributed by atoms with Crippen molar-refractivity contribution in [3.63, 3.8) is 0 Å². The lowest BCUT2D eigenvalue weighted by atomic mass is 10.0. The fourth-order valence-corrected chi connectivity index (χ4v) is 10.6. The Kier molecular flexibility index (Phi) is 8.79. The van der Waals surface area contributed by atoms with E-state index in [0.717, 1.165) is 88.4 Å². The van der Waals surface area contributed by atoms with Crippen molar-refractivity contribution in [3.8, 4) is 62.4 Å². The summed E-state index contributed by atoms with van der Waals surface area (Å²) in [6.45, 7) is 0. The number of aromatic nitrogens is 6. The number of benzene rings is 10. The normalized spacial score (nSPS) is 11.8. The molecule has 10 aromatic carbocycles. The van der Waals surface area contributed by atoms with E-state index in [1.165, 1.54) is 21.8 Å². The van der Waals surface area contributed by atoms with Crippen LogP contribution >= 0.6 is 0 Å². The van der Waals surface area contributed by atoms with E-state index in [-0.39, 0.29) is 0 Å². The van der Waals surface area contributed by atoms with Gasteiger partial charge in [0.15, 0.2) is 11.6 Å². The molecule has 0 N–H and O–H groups in total. The van der Waals surface area contributed by atoms with Crippen molar-refractivity contribution >= 4 is 65.4 Å². The average Bonchev–Trinajstić information content (AvgIpc) is 4.07. The fourth-order valence-electron chi connectivity index (χ4n) is 10.6. The SMILES string of the molecule is c1ccc(-c2cccc(-c3nc(-c4ccccc4)nc(-n4c5ccccc5c5ccc6c7cc(-n8c9ccccc9c9ccccc98)ccc7n(-c7ccccc7-c7ccccc7)c6c54)n3)c2)cc1. The molecule has 0 aliphatic rings. The first-order chi connectivity index (χ1) is 34.2. The summed E-state index contributed by atoms with van der Waals surface area (Å²) in [4.78, 5) is 16.1. The summed E-state index contributed by atoms with van der Waals surface area (Å²) < 4.78 is 7.16. The van der Waals surface area contributed by atoms with Crippen LogP contribution in [0.3, 0.4) is 0 Å². The molecule has 0 fully saturated rings. The van der Waals surface area contributed by atoms with Gasteiger partial charge in [0, 0.05) is 54.7 Å². The zero-order chi connectivity index (χ0) is 45.4. The van der Waals surface area contributed by atoms with Crippen LogP contribution in [0.4, 0.5) is 0 Å². The van der Waals surface area contributed by atoms with Crippen LogP contribution < -0.4 is 0 Å². The van der Waals surface area contributed by atoms with E-state index >= 15 is 0 Å². The van der Waals surface area contributed by atoms with Crippen LogP contribution in [0, 0.1) is 0 Å². The van der Waals surface area contributed by atoms with Gasteiger partial charge in [0.2, 0.25) is 5.95 Å². The van der Waals surface area contributed by atoms with Gasteiger partial charge in [0.1, 0.15) is 0 Å². The number of para-hydroxylation sites is 4. The highest BCUT2D eigenvalue weighted by molar-refractivity contribution is 6.24. The maximum absolute atomic E-state index is 5.47. The van der Waals surface area contributed by atoms with Crippen LogP contribution in [0.15, 0.2) is 243 Å². The molecular weight excluding hydrogens is 841 g/mol. The first-order valence-corrected chi connectivity index (χ1v) is 23.4. The van der Waals surface area contributed by atoms with Gasteiger partial charge in [-0.2, -0.15) is 9.97 Å². The van der Waals surface area contributed by atoms with Crippen LogP contribution in [-0.2, 0) is 0 Å². The number of hydrogen-bond acceptors (Lipinski definition) is 3. The highest BCUT2D eigenvalue weighted by Gasteiger charge is 2.25. The molecule has 6 nitrogen and oxygen atoms in total. The van der Waals surface area contributed by atoms with E-state index in [2.05, 4.69) is 232 Å². The van der Waals surface area contributed by atoms with E-state index in [9.17, 15) is 0 Å². The molecule has 0 amide bonds. The third-order valence-electron chi connectivity index (χ3n) is 13.7. The minimum Gasteiger partial charge on any atom is -0.309 e. The van der Waals surface area contributed by atoms with Gasteiger partial charge < -0.3 is 9.13 Å². The lowest BCUT2D eigenvalue weighted by Crippen LogP contribution is -2.07. The zero-order valence-electron chi connectivity index (χ0n) is 37.3. The minimum absolute atomic E-state index is 0.543. The lowest BCUT2D eigenvalue weighted by molar-refractivity contribution is 0.953. The predicted molar refractivity (Wildman–Crippen MR) is 285 cm³/mol. The third-order valence-corrected chi connectivity index (χ3v) is 13.7. The molecule has 69 heavy (non-hydrogen) atoms. The van der Waals surface area contributed by atoms with Crippen molar-refractivity contribution in [2.45, 2.75) is 0 Å². The topological polar surface area (TPSA) is 53.5 Å². The maximum Gasteiger partial charge on any atom is 0.238 e. The van der Waals surface area contributed by atoms with Gasteiger partial charge in [-0.15, -0.1) is 0 Å². The zero-order valence-corrected chi connectivity index (χ0v) is 37.3. The largest absolute Gasteiger partial charge is 0.309 e. The molecule has 322 valence electrons. The van der Waals surface area contributed by atoms with E-state index in [4.69, 9.17) is 15.0 Å². The predicted octanol–water partition coefficient (Wildman–Crippen LogP) is 15.8. The Hall–Kier alpha value is -9.39. The number of nitrogens with zero attached hydrogens (tertiary/aromatic N) is 6. The Morgan fingerprint density at radius 3 is 1.42 bits per heavy atom. The Morgan fingerprint density at radius 2 is 0.739 bits per heavy atom. The molecule has 14 aromatic rings. The van der Waals surface area contributed by atoms with Crippen LogP contribution in [0.1, 0.15) is 0 Å². The summed E-state index contributed by atoms with van der Waals surface area (Å²) in [7, 11) is 0. The number of hydrogen-bond donors (Lipinski definition) is 0. The van der Waals surface area contributed by atoms with E-state index in [1.54, 1.807) is 0 Å². The molecule has 4 aromatic heterocycles. The third kappa shape index (κ3) is 6.16. The minimum atomic E-state index is 0.543. The molecular formula is C63H40N6. The molecule has 0 saturated heterocycles. The molecule has 0 aliphatic carbocycles. The summed E-state index contributed by atoms with van der Waals surface area (Å²) in [5.74, 6) is 1.74. The molecule has 0 aliphatic heterocycles. The van der Waals surface area contributed by atoms with Crippen LogP contribution in [-0.4, -0.2) is 28.7 Å². The average molecular weight is 881 g/mol. The fraction of sp³-hybridized carbons (Fsp3) is 0. The van der Waals surface area contributed by atoms with Crippen molar-refractivity contribution in [2.24, 2.45) is 0 Å². The Morgan fingerprint density at radius 1 is 0.261 bits per heavy atom. The molecule has 0 unspecified atom stereocenters. The Bertz CT molecular complexity index is 4240. The van der Waals surface area contributed by atoms with Gasteiger partial charge in [-0.3, -0.25) is 4.57 Å². The Labute approximate surface area is 397 Å². The van der Waals surface area contributed by atoms with Crippen molar-refractivity contribution in [1.82, 2.24) is 28.7 Å². The summed E-state index contributed by atoms with van der Waals surface area (Å²) in [5.41, 5.74) is 15.0. The van der Waals surface area contributed by atoms with E-state index in [0.29, 0.717) is 17.6 Å². The quantitative estimate of drug-likeness (QED) is 0.160. The molecule has 6 heteroatoms. The number of rotatable bonds is 7. The smallest absolute Gasteiger partial charge is 0.238 e. The van der Waals surface area contributed by atoms with Crippen LogP contribution in [0.25, 0.3) is 128 Å². The van der Waals surface area contributed by atoms with Gasteiger partial charge in [-0.25, -0.2) is 4.98 Å². The monoisotopic (exact) mass is 880 g/mol. The van der Waals surface area contributed by atoms with E-state index < -0.39 is 0 Å². The van der Waals surface area contributed by atoms with Crippen molar-refractivity contribution in [3.05, 3.63) is 243 Å². The van der Waals surface area contributed by atoms with Crippen LogP contribution in [0.5, 0.6) is 0 Å².